The lowest BCUT2D eigenvalue weighted by Gasteiger charge is -2.15. The second-order valence-corrected chi connectivity index (χ2v) is 5.16. The van der Waals surface area contributed by atoms with Crippen LogP contribution in [0.4, 0.5) is 0 Å². The largest absolute Gasteiger partial charge is 0.352 e. The molecule has 1 rings (SSSR count). The highest BCUT2D eigenvalue weighted by atomic mass is 16.1. The van der Waals surface area contributed by atoms with Crippen molar-refractivity contribution < 1.29 is 4.79 Å². The molecule has 0 aliphatic heterocycles. The fraction of sp³-hybridized carbons (Fsp3) is 0.500. The predicted octanol–water partition coefficient (Wildman–Crippen LogP) is 2.83. The van der Waals surface area contributed by atoms with Gasteiger partial charge in [-0.05, 0) is 24.5 Å². The third-order valence-electron chi connectivity index (χ3n) is 3.44. The second kappa shape index (κ2) is 10.0. The average Bonchev–Trinajstić information content (AvgIpc) is 2.51. The van der Waals surface area contributed by atoms with Gasteiger partial charge in [0.05, 0.1) is 6.54 Å². The molecule has 3 nitrogen and oxygen atoms in total. The lowest BCUT2D eigenvalue weighted by Crippen LogP contribution is -2.30. The third-order valence-corrected chi connectivity index (χ3v) is 3.44. The molecule has 0 saturated heterocycles. The summed E-state index contributed by atoms with van der Waals surface area (Å²) in [6, 6.07) is 7.86. The van der Waals surface area contributed by atoms with Crippen LogP contribution in [0.15, 0.2) is 24.3 Å². The molecule has 0 heterocycles. The summed E-state index contributed by atoms with van der Waals surface area (Å²) in [6.45, 7) is 5.11. The van der Waals surface area contributed by atoms with Crippen molar-refractivity contribution in [2.45, 2.75) is 46.1 Å². The molecule has 1 aromatic rings. The summed E-state index contributed by atoms with van der Waals surface area (Å²) in [7, 11) is 0. The third kappa shape index (κ3) is 6.01. The summed E-state index contributed by atoms with van der Waals surface area (Å²) in [5.74, 6) is 6.19. The Labute approximate surface area is 128 Å². The number of benzene rings is 1. The topological polar surface area (TPSA) is 55.1 Å². The van der Waals surface area contributed by atoms with Crippen LogP contribution in [0.3, 0.4) is 0 Å². The molecule has 0 aromatic heterocycles. The molecule has 21 heavy (non-hydrogen) atoms. The number of carbonyl (C=O) groups is 1. The van der Waals surface area contributed by atoms with Gasteiger partial charge in [-0.25, -0.2) is 0 Å². The molecular weight excluding hydrogens is 260 g/mol. The molecular formula is C18H26N2O. The Hall–Kier alpha value is -1.79. The van der Waals surface area contributed by atoms with Gasteiger partial charge in [0, 0.05) is 18.0 Å². The van der Waals surface area contributed by atoms with Crippen LogP contribution in [-0.4, -0.2) is 12.5 Å². The van der Waals surface area contributed by atoms with E-state index in [1.54, 1.807) is 0 Å². The first-order valence-corrected chi connectivity index (χ1v) is 7.77. The molecule has 0 bridgehead atoms. The quantitative estimate of drug-likeness (QED) is 0.757. The maximum Gasteiger partial charge on any atom is 0.223 e. The first kappa shape index (κ1) is 17.3. The van der Waals surface area contributed by atoms with E-state index in [0.29, 0.717) is 13.1 Å². The molecule has 3 heteroatoms. The maximum atomic E-state index is 12.3. The van der Waals surface area contributed by atoms with Gasteiger partial charge in [-0.15, -0.1) is 0 Å². The molecule has 1 aromatic carbocycles. The highest BCUT2D eigenvalue weighted by Crippen LogP contribution is 2.14. The summed E-state index contributed by atoms with van der Waals surface area (Å²) >= 11 is 0. The number of hydrogen-bond donors (Lipinski definition) is 2. The van der Waals surface area contributed by atoms with Crippen molar-refractivity contribution in [2.24, 2.45) is 11.7 Å². The number of carbonyl (C=O) groups excluding carboxylic acids is 1. The van der Waals surface area contributed by atoms with E-state index in [1.165, 1.54) is 0 Å². The van der Waals surface area contributed by atoms with E-state index in [1.807, 2.05) is 24.3 Å². The summed E-state index contributed by atoms with van der Waals surface area (Å²) in [6.07, 6.45) is 3.98. The zero-order valence-electron chi connectivity index (χ0n) is 13.1. The smallest absolute Gasteiger partial charge is 0.223 e. The van der Waals surface area contributed by atoms with E-state index in [-0.39, 0.29) is 11.8 Å². The minimum Gasteiger partial charge on any atom is -0.352 e. The SMILES string of the molecule is CCCC(CCC)C(=O)NCc1ccccc1C#CCN. The van der Waals surface area contributed by atoms with Crippen LogP contribution in [-0.2, 0) is 11.3 Å². The average molecular weight is 286 g/mol. The number of rotatable bonds is 7. The monoisotopic (exact) mass is 286 g/mol. The van der Waals surface area contributed by atoms with Crippen molar-refractivity contribution >= 4 is 5.91 Å². The summed E-state index contributed by atoms with van der Waals surface area (Å²) < 4.78 is 0. The van der Waals surface area contributed by atoms with E-state index in [4.69, 9.17) is 5.73 Å². The zero-order valence-corrected chi connectivity index (χ0v) is 13.1. The molecule has 114 valence electrons. The maximum absolute atomic E-state index is 12.3. The fourth-order valence-corrected chi connectivity index (χ4v) is 2.37. The Morgan fingerprint density at radius 3 is 2.52 bits per heavy atom. The lowest BCUT2D eigenvalue weighted by atomic mass is 9.97. The molecule has 3 N–H and O–H groups in total. The Morgan fingerprint density at radius 1 is 1.24 bits per heavy atom. The predicted molar refractivity (Wildman–Crippen MR) is 87.5 cm³/mol. The van der Waals surface area contributed by atoms with Crippen molar-refractivity contribution in [1.29, 1.82) is 0 Å². The molecule has 0 unspecified atom stereocenters. The Balaban J connectivity index is 2.67. The van der Waals surface area contributed by atoms with E-state index >= 15 is 0 Å². The molecule has 0 saturated carbocycles. The number of nitrogens with one attached hydrogen (secondary N) is 1. The van der Waals surface area contributed by atoms with E-state index in [2.05, 4.69) is 31.0 Å². The van der Waals surface area contributed by atoms with Gasteiger partial charge < -0.3 is 11.1 Å². The van der Waals surface area contributed by atoms with Crippen LogP contribution < -0.4 is 11.1 Å². The first-order valence-electron chi connectivity index (χ1n) is 7.77. The second-order valence-electron chi connectivity index (χ2n) is 5.16. The molecule has 0 radical (unpaired) electrons. The van der Waals surface area contributed by atoms with Crippen molar-refractivity contribution in [3.05, 3.63) is 35.4 Å². The fourth-order valence-electron chi connectivity index (χ4n) is 2.37. The molecule has 0 aliphatic carbocycles. The summed E-state index contributed by atoms with van der Waals surface area (Å²) in [4.78, 5) is 12.3. The van der Waals surface area contributed by atoms with Crippen LogP contribution in [0, 0.1) is 17.8 Å². The number of amides is 1. The van der Waals surface area contributed by atoms with Gasteiger partial charge >= 0.3 is 0 Å². The van der Waals surface area contributed by atoms with Crippen molar-refractivity contribution in [3.63, 3.8) is 0 Å². The van der Waals surface area contributed by atoms with Crippen LogP contribution >= 0.6 is 0 Å². The lowest BCUT2D eigenvalue weighted by molar-refractivity contribution is -0.125. The Bertz CT molecular complexity index is 493. The number of hydrogen-bond acceptors (Lipinski definition) is 2. The van der Waals surface area contributed by atoms with Gasteiger partial charge in [0.25, 0.3) is 0 Å². The first-order chi connectivity index (χ1) is 10.2. The Morgan fingerprint density at radius 2 is 1.90 bits per heavy atom. The van der Waals surface area contributed by atoms with Crippen LogP contribution in [0.25, 0.3) is 0 Å². The summed E-state index contributed by atoms with van der Waals surface area (Å²) in [5, 5.41) is 3.05. The normalized spacial score (nSPS) is 10.1. The van der Waals surface area contributed by atoms with Gasteiger partial charge in [-0.1, -0.05) is 56.7 Å². The van der Waals surface area contributed by atoms with Gasteiger partial charge in [-0.2, -0.15) is 0 Å². The minimum atomic E-state index is 0.127. The van der Waals surface area contributed by atoms with Crippen LogP contribution in [0.1, 0.15) is 50.7 Å². The van der Waals surface area contributed by atoms with Crippen LogP contribution in [0.5, 0.6) is 0 Å². The highest BCUT2D eigenvalue weighted by molar-refractivity contribution is 5.78. The van der Waals surface area contributed by atoms with E-state index < -0.39 is 0 Å². The van der Waals surface area contributed by atoms with Crippen molar-refractivity contribution in [1.82, 2.24) is 5.32 Å². The van der Waals surface area contributed by atoms with Gasteiger partial charge in [0.15, 0.2) is 0 Å². The molecule has 0 atom stereocenters. The molecule has 0 aliphatic rings. The van der Waals surface area contributed by atoms with Gasteiger partial charge in [0.2, 0.25) is 5.91 Å². The highest BCUT2D eigenvalue weighted by Gasteiger charge is 2.16. The van der Waals surface area contributed by atoms with E-state index in [0.717, 1.165) is 36.8 Å². The van der Waals surface area contributed by atoms with E-state index in [9.17, 15) is 4.79 Å². The van der Waals surface area contributed by atoms with Crippen LogP contribution in [0.2, 0.25) is 0 Å². The van der Waals surface area contributed by atoms with Gasteiger partial charge in [-0.3, -0.25) is 4.79 Å². The van der Waals surface area contributed by atoms with Crippen molar-refractivity contribution in [2.75, 3.05) is 6.54 Å². The molecule has 0 fully saturated rings. The standard InChI is InChI=1S/C18H26N2O/c1-3-8-16(9-4-2)18(21)20-14-17-11-6-5-10-15(17)12-7-13-19/h5-6,10-11,16H,3-4,8-9,13-14,19H2,1-2H3,(H,20,21). The number of nitrogens with two attached hydrogens (primary N) is 1. The minimum absolute atomic E-state index is 0.127. The Kier molecular flexibility index (Phi) is 8.23. The molecule has 0 spiro atoms. The zero-order chi connectivity index (χ0) is 15.5. The molecule has 1 amide bonds. The van der Waals surface area contributed by atoms with Crippen molar-refractivity contribution in [3.8, 4) is 11.8 Å². The van der Waals surface area contributed by atoms with Gasteiger partial charge in [0.1, 0.15) is 0 Å². The summed E-state index contributed by atoms with van der Waals surface area (Å²) in [5.41, 5.74) is 7.39.